The molecule has 0 spiro atoms. The summed E-state index contributed by atoms with van der Waals surface area (Å²) in [5, 5.41) is 0. The van der Waals surface area contributed by atoms with Gasteiger partial charge in [-0.15, -0.1) is 0 Å². The van der Waals surface area contributed by atoms with Crippen LogP contribution in [0, 0.1) is 13.8 Å². The average molecular weight is 465 g/mol. The molecule has 0 saturated heterocycles. The van der Waals surface area contributed by atoms with Gasteiger partial charge in [-0.05, 0) is 87.0 Å². The van der Waals surface area contributed by atoms with E-state index in [0.29, 0.717) is 0 Å². The van der Waals surface area contributed by atoms with Gasteiger partial charge in [0.15, 0.2) is 0 Å². The quantitative estimate of drug-likeness (QED) is 0.248. The number of fused-ring (bicyclic) bond motifs is 3. The summed E-state index contributed by atoms with van der Waals surface area (Å²) in [6.45, 7) is 9.26. The van der Waals surface area contributed by atoms with Crippen molar-refractivity contribution >= 4 is 0 Å². The molecule has 1 aliphatic carbocycles. The van der Waals surface area contributed by atoms with Gasteiger partial charge in [0.05, 0.1) is 0 Å². The number of hydrogen-bond acceptors (Lipinski definition) is 0. The van der Waals surface area contributed by atoms with Gasteiger partial charge in [-0.25, -0.2) is 0 Å². The summed E-state index contributed by atoms with van der Waals surface area (Å²) in [5.41, 5.74) is 16.4. The fourth-order valence-corrected chi connectivity index (χ4v) is 5.91. The lowest BCUT2D eigenvalue weighted by atomic mass is 9.81. The first-order chi connectivity index (χ1) is 17.4. The molecule has 0 nitrogen and oxygen atoms in total. The largest absolute Gasteiger partial charge is 0.0622 e. The fraction of sp³-hybridized carbons (Fsp3) is 0.167. The second-order valence-corrected chi connectivity index (χ2v) is 10.7. The Morgan fingerprint density at radius 1 is 0.500 bits per heavy atom. The van der Waals surface area contributed by atoms with E-state index in [9.17, 15) is 0 Å². The Labute approximate surface area is 215 Å². The Hall–Kier alpha value is -3.90. The predicted molar refractivity (Wildman–Crippen MR) is 154 cm³/mol. The highest BCUT2D eigenvalue weighted by Gasteiger charge is 2.37. The number of rotatable bonds is 4. The zero-order valence-electron chi connectivity index (χ0n) is 21.6. The second-order valence-electron chi connectivity index (χ2n) is 10.7. The van der Waals surface area contributed by atoms with Crippen LogP contribution in [0.25, 0.3) is 33.4 Å². The summed E-state index contributed by atoms with van der Waals surface area (Å²) in [6.07, 6.45) is 0.939. The monoisotopic (exact) mass is 464 g/mol. The molecule has 6 rings (SSSR count). The Morgan fingerprint density at radius 3 is 1.89 bits per heavy atom. The molecule has 0 atom stereocenters. The van der Waals surface area contributed by atoms with Crippen molar-refractivity contribution < 1.29 is 0 Å². The van der Waals surface area contributed by atoms with E-state index in [1.54, 1.807) is 0 Å². The molecular formula is C36H32. The maximum atomic E-state index is 2.49. The van der Waals surface area contributed by atoms with Crippen molar-refractivity contribution in [2.24, 2.45) is 0 Å². The smallest absolute Gasteiger partial charge is 0.0159 e. The van der Waals surface area contributed by atoms with E-state index in [1.165, 1.54) is 66.8 Å². The van der Waals surface area contributed by atoms with Crippen molar-refractivity contribution in [3.63, 3.8) is 0 Å². The van der Waals surface area contributed by atoms with E-state index in [4.69, 9.17) is 0 Å². The molecule has 0 radical (unpaired) electrons. The Kier molecular flexibility index (Phi) is 5.41. The molecule has 5 aromatic carbocycles. The Bertz CT molecular complexity index is 1570. The molecule has 36 heavy (non-hydrogen) atoms. The summed E-state index contributed by atoms with van der Waals surface area (Å²) in [7, 11) is 0. The number of benzene rings is 5. The normalized spacial score (nSPS) is 13.3. The zero-order chi connectivity index (χ0) is 24.9. The third-order valence-electron chi connectivity index (χ3n) is 8.08. The third-order valence-corrected chi connectivity index (χ3v) is 8.08. The summed E-state index contributed by atoms with van der Waals surface area (Å²) < 4.78 is 0. The molecular weight excluding hydrogens is 432 g/mol. The van der Waals surface area contributed by atoms with Gasteiger partial charge in [-0.2, -0.15) is 0 Å². The summed E-state index contributed by atoms with van der Waals surface area (Å²) in [4.78, 5) is 0. The average Bonchev–Trinajstić information content (AvgIpc) is 3.12. The van der Waals surface area contributed by atoms with Crippen molar-refractivity contribution in [2.75, 3.05) is 0 Å². The molecule has 0 heteroatoms. The van der Waals surface area contributed by atoms with E-state index in [-0.39, 0.29) is 5.41 Å². The van der Waals surface area contributed by atoms with Crippen molar-refractivity contribution in [1.29, 1.82) is 0 Å². The van der Waals surface area contributed by atoms with Gasteiger partial charge < -0.3 is 0 Å². The van der Waals surface area contributed by atoms with E-state index < -0.39 is 0 Å². The van der Waals surface area contributed by atoms with Crippen LogP contribution in [-0.2, 0) is 11.8 Å². The molecule has 0 fully saturated rings. The highest BCUT2D eigenvalue weighted by atomic mass is 14.4. The molecule has 0 bridgehead atoms. The molecule has 0 saturated carbocycles. The molecule has 0 aromatic heterocycles. The third kappa shape index (κ3) is 3.69. The zero-order valence-corrected chi connectivity index (χ0v) is 21.6. The maximum Gasteiger partial charge on any atom is 0.0159 e. The number of hydrogen-bond donors (Lipinski definition) is 0. The van der Waals surface area contributed by atoms with Crippen LogP contribution in [-0.4, -0.2) is 0 Å². The van der Waals surface area contributed by atoms with Crippen LogP contribution in [0.3, 0.4) is 0 Å². The minimum absolute atomic E-state index is 0.0120. The molecule has 0 aliphatic heterocycles. The molecule has 176 valence electrons. The summed E-state index contributed by atoms with van der Waals surface area (Å²) in [6, 6.07) is 40.2. The minimum Gasteiger partial charge on any atom is -0.0622 e. The topological polar surface area (TPSA) is 0 Å². The van der Waals surface area contributed by atoms with Gasteiger partial charge in [-0.3, -0.25) is 0 Å². The molecule has 1 aliphatic rings. The molecule has 0 N–H and O–H groups in total. The van der Waals surface area contributed by atoms with Crippen LogP contribution in [0.1, 0.15) is 47.2 Å². The molecule has 5 aromatic rings. The first kappa shape index (κ1) is 22.6. The van der Waals surface area contributed by atoms with Crippen LogP contribution in [0.2, 0.25) is 0 Å². The van der Waals surface area contributed by atoms with Crippen molar-refractivity contribution in [1.82, 2.24) is 0 Å². The standard InChI is InChI=1S/C36H32/c1-24-18-19-28(26-12-7-5-8-13-26)21-29(24)22-30-23-32-34(20-25(30)2)36(3,4)33-17-11-16-31(35(32)33)27-14-9-6-10-15-27/h5-21,23H,22H2,1-4H3. The molecule has 0 heterocycles. The van der Waals surface area contributed by atoms with Gasteiger partial charge in [0, 0.05) is 5.41 Å². The van der Waals surface area contributed by atoms with Crippen LogP contribution in [0.4, 0.5) is 0 Å². The van der Waals surface area contributed by atoms with E-state index >= 15 is 0 Å². The summed E-state index contributed by atoms with van der Waals surface area (Å²) >= 11 is 0. The minimum atomic E-state index is -0.0120. The van der Waals surface area contributed by atoms with Crippen molar-refractivity contribution in [3.8, 4) is 33.4 Å². The van der Waals surface area contributed by atoms with Gasteiger partial charge >= 0.3 is 0 Å². The van der Waals surface area contributed by atoms with Crippen LogP contribution >= 0.6 is 0 Å². The van der Waals surface area contributed by atoms with Crippen molar-refractivity contribution in [3.05, 3.63) is 143 Å². The van der Waals surface area contributed by atoms with Crippen molar-refractivity contribution in [2.45, 2.75) is 39.5 Å². The second kappa shape index (κ2) is 8.64. The van der Waals surface area contributed by atoms with Crippen LogP contribution < -0.4 is 0 Å². The Balaban J connectivity index is 1.48. The first-order valence-electron chi connectivity index (χ1n) is 12.9. The summed E-state index contributed by atoms with van der Waals surface area (Å²) in [5.74, 6) is 0. The van der Waals surface area contributed by atoms with E-state index in [1.807, 2.05) is 0 Å². The highest BCUT2D eigenvalue weighted by Crippen LogP contribution is 2.52. The molecule has 0 unspecified atom stereocenters. The lowest BCUT2D eigenvalue weighted by Crippen LogP contribution is -2.15. The van der Waals surface area contributed by atoms with E-state index in [0.717, 1.165) is 6.42 Å². The first-order valence-corrected chi connectivity index (χ1v) is 12.9. The molecule has 0 amide bonds. The number of aryl methyl sites for hydroxylation is 2. The van der Waals surface area contributed by atoms with Crippen LogP contribution in [0.5, 0.6) is 0 Å². The lowest BCUT2D eigenvalue weighted by molar-refractivity contribution is 0.659. The predicted octanol–water partition coefficient (Wildman–Crippen LogP) is 9.53. The fourth-order valence-electron chi connectivity index (χ4n) is 5.91. The van der Waals surface area contributed by atoms with Gasteiger partial charge in [0.25, 0.3) is 0 Å². The van der Waals surface area contributed by atoms with E-state index in [2.05, 4.69) is 137 Å². The SMILES string of the molecule is Cc1ccc(-c2ccccc2)cc1Cc1cc2c(cc1C)C(C)(C)c1cccc(-c3ccccc3)c1-2. The Morgan fingerprint density at radius 2 is 1.17 bits per heavy atom. The van der Waals surface area contributed by atoms with Crippen LogP contribution in [0.15, 0.2) is 109 Å². The highest BCUT2D eigenvalue weighted by molar-refractivity contribution is 5.93. The lowest BCUT2D eigenvalue weighted by Gasteiger charge is -2.22. The van der Waals surface area contributed by atoms with Gasteiger partial charge in [-0.1, -0.05) is 123 Å². The van der Waals surface area contributed by atoms with Gasteiger partial charge in [0.2, 0.25) is 0 Å². The van der Waals surface area contributed by atoms with Gasteiger partial charge in [0.1, 0.15) is 0 Å². The maximum absolute atomic E-state index is 2.49.